The molecule has 0 radical (unpaired) electrons. The van der Waals surface area contributed by atoms with Gasteiger partial charge in [0.15, 0.2) is 6.10 Å². The van der Waals surface area contributed by atoms with Crippen molar-refractivity contribution in [1.82, 2.24) is 0 Å². The fourth-order valence-corrected chi connectivity index (χ4v) is 1.36. The van der Waals surface area contributed by atoms with Gasteiger partial charge in [0.25, 0.3) is 0 Å². The molecule has 0 N–H and O–H groups in total. The number of esters is 1. The first-order valence-corrected chi connectivity index (χ1v) is 5.59. The molecule has 0 aromatic heterocycles. The predicted octanol–water partition coefficient (Wildman–Crippen LogP) is 2.22. The minimum Gasteiger partial charge on any atom is -0.479 e. The van der Waals surface area contributed by atoms with Crippen molar-refractivity contribution in [3.05, 3.63) is 29.8 Å². The van der Waals surface area contributed by atoms with Crippen LogP contribution in [0.2, 0.25) is 0 Å². The van der Waals surface area contributed by atoms with Crippen LogP contribution in [0, 0.1) is 0 Å². The van der Waals surface area contributed by atoms with Crippen LogP contribution in [0.15, 0.2) is 24.3 Å². The molecule has 1 rings (SSSR count). The molecule has 0 spiro atoms. The minimum absolute atomic E-state index is 0.326. The van der Waals surface area contributed by atoms with Crippen LogP contribution >= 0.6 is 0 Å². The van der Waals surface area contributed by atoms with Crippen molar-refractivity contribution < 1.29 is 19.1 Å². The number of benzene rings is 1. The second-order valence-corrected chi connectivity index (χ2v) is 3.46. The van der Waals surface area contributed by atoms with Gasteiger partial charge in [-0.1, -0.05) is 19.1 Å². The van der Waals surface area contributed by atoms with Gasteiger partial charge in [0.05, 0.1) is 6.61 Å². The second kappa shape index (κ2) is 6.68. The van der Waals surface area contributed by atoms with Crippen molar-refractivity contribution in [2.24, 2.45) is 0 Å². The molecule has 0 aliphatic carbocycles. The van der Waals surface area contributed by atoms with Crippen molar-refractivity contribution in [1.29, 1.82) is 0 Å². The molecule has 92 valence electrons. The molecule has 0 aliphatic rings. The zero-order valence-electron chi connectivity index (χ0n) is 10.0. The van der Waals surface area contributed by atoms with Gasteiger partial charge in [0, 0.05) is 5.56 Å². The Morgan fingerprint density at radius 2 is 2.18 bits per heavy atom. The van der Waals surface area contributed by atoms with Crippen LogP contribution in [0.3, 0.4) is 0 Å². The first kappa shape index (κ1) is 13.2. The molecule has 0 amide bonds. The number of ether oxygens (including phenoxy) is 2. The van der Waals surface area contributed by atoms with Gasteiger partial charge in [0.2, 0.25) is 0 Å². The van der Waals surface area contributed by atoms with Gasteiger partial charge in [-0.25, -0.2) is 4.79 Å². The zero-order valence-corrected chi connectivity index (χ0v) is 10.0. The lowest BCUT2D eigenvalue weighted by Gasteiger charge is -2.16. The smallest absolute Gasteiger partial charge is 0.347 e. The van der Waals surface area contributed by atoms with Gasteiger partial charge in [-0.3, -0.25) is 4.79 Å². The third-order valence-electron chi connectivity index (χ3n) is 2.19. The van der Waals surface area contributed by atoms with Crippen molar-refractivity contribution >= 4 is 12.3 Å². The van der Waals surface area contributed by atoms with E-state index in [4.69, 9.17) is 9.47 Å². The number of aldehydes is 1. The fraction of sp³-hybridized carbons (Fsp3) is 0.385. The summed E-state index contributed by atoms with van der Waals surface area (Å²) in [5, 5.41) is 0. The van der Waals surface area contributed by atoms with Crippen LogP contribution in [0.5, 0.6) is 5.75 Å². The molecule has 1 aromatic carbocycles. The second-order valence-electron chi connectivity index (χ2n) is 3.46. The Morgan fingerprint density at radius 1 is 1.41 bits per heavy atom. The van der Waals surface area contributed by atoms with E-state index in [0.717, 1.165) is 6.29 Å². The highest BCUT2D eigenvalue weighted by atomic mass is 16.6. The number of hydrogen-bond acceptors (Lipinski definition) is 4. The lowest BCUT2D eigenvalue weighted by molar-refractivity contribution is -0.151. The lowest BCUT2D eigenvalue weighted by Crippen LogP contribution is -2.28. The highest BCUT2D eigenvalue weighted by Gasteiger charge is 2.19. The first-order valence-electron chi connectivity index (χ1n) is 5.59. The standard InChI is InChI=1S/C13H16O4/c1-3-12(13(15)16-4-2)17-11-7-5-6-10(8-11)9-14/h5-9,12H,3-4H2,1-2H3/t12-/m0/s1. The summed E-state index contributed by atoms with van der Waals surface area (Å²) < 4.78 is 10.4. The Kier molecular flexibility index (Phi) is 5.20. The van der Waals surface area contributed by atoms with Crippen LogP contribution in [0.25, 0.3) is 0 Å². The molecule has 4 nitrogen and oxygen atoms in total. The number of rotatable bonds is 6. The summed E-state index contributed by atoms with van der Waals surface area (Å²) in [5.74, 6) is 0.112. The molecule has 0 aliphatic heterocycles. The topological polar surface area (TPSA) is 52.6 Å². The van der Waals surface area contributed by atoms with E-state index in [1.807, 2.05) is 6.92 Å². The summed E-state index contributed by atoms with van der Waals surface area (Å²) in [6.07, 6.45) is 0.624. The highest BCUT2D eigenvalue weighted by molar-refractivity contribution is 5.76. The van der Waals surface area contributed by atoms with Crippen LogP contribution in [0.4, 0.5) is 0 Å². The molecule has 4 heteroatoms. The summed E-state index contributed by atoms with van der Waals surface area (Å²) in [4.78, 5) is 22.1. The molecule has 0 fully saturated rings. The largest absolute Gasteiger partial charge is 0.479 e. The van der Waals surface area contributed by atoms with E-state index in [-0.39, 0.29) is 5.97 Å². The normalized spacial score (nSPS) is 11.6. The molecule has 0 bridgehead atoms. The van der Waals surface area contributed by atoms with Gasteiger partial charge in [-0.2, -0.15) is 0 Å². The summed E-state index contributed by atoms with van der Waals surface area (Å²) >= 11 is 0. The lowest BCUT2D eigenvalue weighted by atomic mass is 10.2. The molecule has 1 aromatic rings. The highest BCUT2D eigenvalue weighted by Crippen LogP contribution is 2.15. The van der Waals surface area contributed by atoms with Crippen LogP contribution in [-0.4, -0.2) is 25.0 Å². The Morgan fingerprint density at radius 3 is 2.76 bits per heavy atom. The van der Waals surface area contributed by atoms with E-state index < -0.39 is 6.10 Å². The molecule has 1 atom stereocenters. The van der Waals surface area contributed by atoms with Gasteiger partial charge in [-0.05, 0) is 25.5 Å². The fourth-order valence-electron chi connectivity index (χ4n) is 1.36. The molecular formula is C13H16O4. The van der Waals surface area contributed by atoms with E-state index in [1.165, 1.54) is 0 Å². The number of carbonyl (C=O) groups excluding carboxylic acids is 2. The maximum absolute atomic E-state index is 11.5. The van der Waals surface area contributed by atoms with E-state index >= 15 is 0 Å². The molecule has 0 saturated heterocycles. The van der Waals surface area contributed by atoms with Gasteiger partial charge >= 0.3 is 5.97 Å². The molecular weight excluding hydrogens is 220 g/mol. The quantitative estimate of drug-likeness (QED) is 0.561. The van der Waals surface area contributed by atoms with Crippen molar-refractivity contribution in [3.8, 4) is 5.75 Å². The number of carbonyl (C=O) groups is 2. The molecule has 0 unspecified atom stereocenters. The van der Waals surface area contributed by atoms with Gasteiger partial charge < -0.3 is 9.47 Å². The van der Waals surface area contributed by atoms with Crippen molar-refractivity contribution in [3.63, 3.8) is 0 Å². The van der Waals surface area contributed by atoms with Crippen molar-refractivity contribution in [2.45, 2.75) is 26.4 Å². The maximum atomic E-state index is 11.5. The predicted molar refractivity (Wildman–Crippen MR) is 63.2 cm³/mol. The molecule has 0 heterocycles. The van der Waals surface area contributed by atoms with Crippen LogP contribution in [0.1, 0.15) is 30.6 Å². The molecule has 17 heavy (non-hydrogen) atoms. The average molecular weight is 236 g/mol. The first-order chi connectivity index (χ1) is 8.21. The Bertz CT molecular complexity index is 387. The summed E-state index contributed by atoms with van der Waals surface area (Å²) in [6, 6.07) is 6.67. The third kappa shape index (κ3) is 3.90. The Balaban J connectivity index is 2.72. The summed E-state index contributed by atoms with van der Waals surface area (Å²) in [7, 11) is 0. The van der Waals surface area contributed by atoms with E-state index in [9.17, 15) is 9.59 Å². The van der Waals surface area contributed by atoms with E-state index in [1.54, 1.807) is 31.2 Å². The SMILES string of the molecule is CCOC(=O)[C@H](CC)Oc1cccc(C=O)c1. The third-order valence-corrected chi connectivity index (χ3v) is 2.19. The van der Waals surface area contributed by atoms with E-state index in [2.05, 4.69) is 0 Å². The maximum Gasteiger partial charge on any atom is 0.347 e. The summed E-state index contributed by atoms with van der Waals surface area (Å²) in [5.41, 5.74) is 0.515. The van der Waals surface area contributed by atoms with Gasteiger partial charge in [0.1, 0.15) is 12.0 Å². The summed E-state index contributed by atoms with van der Waals surface area (Å²) in [6.45, 7) is 3.91. The zero-order chi connectivity index (χ0) is 12.7. The van der Waals surface area contributed by atoms with Crippen LogP contribution < -0.4 is 4.74 Å². The molecule has 0 saturated carbocycles. The Labute approximate surface area is 101 Å². The van der Waals surface area contributed by atoms with Crippen molar-refractivity contribution in [2.75, 3.05) is 6.61 Å². The minimum atomic E-state index is -0.628. The average Bonchev–Trinajstić information content (AvgIpc) is 2.36. The Hall–Kier alpha value is -1.84. The van der Waals surface area contributed by atoms with Gasteiger partial charge in [-0.15, -0.1) is 0 Å². The number of hydrogen-bond donors (Lipinski definition) is 0. The monoisotopic (exact) mass is 236 g/mol. The van der Waals surface area contributed by atoms with Crippen LogP contribution in [-0.2, 0) is 9.53 Å². The van der Waals surface area contributed by atoms with E-state index in [0.29, 0.717) is 24.3 Å².